The van der Waals surface area contributed by atoms with Crippen molar-refractivity contribution in [2.45, 2.75) is 306 Å². The van der Waals surface area contributed by atoms with E-state index in [9.17, 15) is 5.11 Å². The summed E-state index contributed by atoms with van der Waals surface area (Å²) in [6, 6.07) is 0. The smallest absolute Gasteiger partial charge is 0.163 e. The molecule has 0 radical (unpaired) electrons. The Morgan fingerprint density at radius 3 is 0.818 bits per heavy atom. The highest BCUT2D eigenvalue weighted by atomic mass is 16.8. The average molecular weight is 1100 g/mol. The molecule has 0 amide bonds. The standard InChI is InChI=1S/C62H110O15/c1-21-42-40(19)49(63)41(20)62(65-42)76-54-33(12)38(17)60(69-47(54)26-6)74-52-31(10)36(15)58(67-45(52)24-4)72-50-29(8)35(14)57(66-43(50)22-2)73-51-30(9)37(16)59(68-44(51)23-3)75-53-32(11)39(18)61(70-46(53)25-5)77-55-28(7)34(13)56-64-27-48(55)71-56/h28-63H,21-27H2,1-20H3/t28?,29?,30-,31?,32-,33-,34?,35?,36?,37?,38?,39?,40+,41?,42?,43?,44?,45?,46?,47?,48+,49+,50+,51-,52+,53-,54-,55+,56-,57-,58-,59+,60+,61+,62+/m1/s1. The van der Waals surface area contributed by atoms with Gasteiger partial charge in [-0.1, -0.05) is 138 Å². The van der Waals surface area contributed by atoms with Crippen LogP contribution in [0.2, 0.25) is 0 Å². The molecule has 1 N–H and O–H groups in total. The SMILES string of the molecule is CCC1O[C@H](O[C@H]2C(CC)O[C@@H](O[C@H]3C(CC)O[C@@H](O[C@H]4C(C)C(C)[C@@H]5OC[C@@H]4O5)C(C)[C@H]3C)C(C)[C@H]2C)C(C)C(C)[C@@H]1O[C@H]1OC(CC)[C@@H](O[C@@H]2OC(CC)[C@H](O[C@@H]3OC(CC)[C@H](C)[C@H](O)C3C)[C@H](C)C2C)C(C)C1C. The van der Waals surface area contributed by atoms with E-state index < -0.39 is 37.6 Å². The Morgan fingerprint density at radius 2 is 0.532 bits per heavy atom. The topological polar surface area (TPSA) is 149 Å². The van der Waals surface area contributed by atoms with Gasteiger partial charge in [0.05, 0.1) is 86.0 Å². The molecule has 448 valence electrons. The number of ether oxygens (including phenoxy) is 14. The van der Waals surface area contributed by atoms with Crippen LogP contribution in [0.15, 0.2) is 0 Å². The summed E-state index contributed by atoms with van der Waals surface area (Å²) in [4.78, 5) is 0. The van der Waals surface area contributed by atoms with Gasteiger partial charge in [0.15, 0.2) is 44.0 Å². The largest absolute Gasteiger partial charge is 0.392 e. The molecule has 16 unspecified atom stereocenters. The predicted octanol–water partition coefficient (Wildman–Crippen LogP) is 11.1. The quantitative estimate of drug-likeness (QED) is 0.139. The minimum atomic E-state index is -0.494. The van der Waals surface area contributed by atoms with E-state index >= 15 is 0 Å². The molecule has 77 heavy (non-hydrogen) atoms. The van der Waals surface area contributed by atoms with Crippen LogP contribution in [0.3, 0.4) is 0 Å². The maximum absolute atomic E-state index is 11.1. The molecule has 0 aromatic heterocycles. The van der Waals surface area contributed by atoms with Gasteiger partial charge in [-0.3, -0.25) is 0 Å². The van der Waals surface area contributed by atoms with Gasteiger partial charge in [-0.2, -0.15) is 0 Å². The van der Waals surface area contributed by atoms with Crippen LogP contribution in [0.1, 0.15) is 177 Å². The van der Waals surface area contributed by atoms with Crippen LogP contribution in [0, 0.1) is 82.9 Å². The third-order valence-corrected chi connectivity index (χ3v) is 21.7. The second-order valence-corrected chi connectivity index (χ2v) is 26.2. The molecule has 15 nitrogen and oxygen atoms in total. The van der Waals surface area contributed by atoms with Gasteiger partial charge in [-0.25, -0.2) is 0 Å². The van der Waals surface area contributed by atoms with Crippen molar-refractivity contribution >= 4 is 0 Å². The first kappa shape index (κ1) is 62.4. The zero-order valence-corrected chi connectivity index (χ0v) is 51.3. The fourth-order valence-electron chi connectivity index (χ4n) is 14.6. The van der Waals surface area contributed by atoms with E-state index in [4.69, 9.17) is 66.3 Å². The highest BCUT2D eigenvalue weighted by Gasteiger charge is 2.55. The Morgan fingerprint density at radius 1 is 0.286 bits per heavy atom. The lowest BCUT2D eigenvalue weighted by Crippen LogP contribution is -2.60. The Labute approximate surface area is 465 Å². The summed E-state index contributed by atoms with van der Waals surface area (Å²) in [5.41, 5.74) is 0. The third kappa shape index (κ3) is 12.5. The molecule has 8 rings (SSSR count). The zero-order chi connectivity index (χ0) is 56.1. The monoisotopic (exact) mass is 1090 g/mol. The van der Waals surface area contributed by atoms with Crippen molar-refractivity contribution in [1.29, 1.82) is 0 Å². The molecule has 0 aromatic carbocycles. The molecular formula is C62H110O15. The number of aliphatic hydroxyl groups is 1. The van der Waals surface area contributed by atoms with Gasteiger partial charge >= 0.3 is 0 Å². The van der Waals surface area contributed by atoms with Crippen LogP contribution in [0.4, 0.5) is 0 Å². The van der Waals surface area contributed by atoms with Gasteiger partial charge in [0, 0.05) is 47.3 Å². The van der Waals surface area contributed by atoms with Crippen molar-refractivity contribution in [2.75, 3.05) is 6.61 Å². The summed E-state index contributed by atoms with van der Waals surface area (Å²) >= 11 is 0. The summed E-state index contributed by atoms with van der Waals surface area (Å²) in [6.07, 6.45) is -0.415. The van der Waals surface area contributed by atoms with Crippen LogP contribution in [0.5, 0.6) is 0 Å². The molecule has 8 heterocycles. The predicted molar refractivity (Wildman–Crippen MR) is 292 cm³/mol. The molecule has 35 atom stereocenters. The highest BCUT2D eigenvalue weighted by molar-refractivity contribution is 4.97. The summed E-state index contributed by atoms with van der Waals surface area (Å²) in [5.74, 6) is 1.45. The Balaban J connectivity index is 0.859. The first-order valence-electron chi connectivity index (χ1n) is 31.4. The molecule has 0 saturated carbocycles. The maximum Gasteiger partial charge on any atom is 0.163 e. The van der Waals surface area contributed by atoms with Crippen LogP contribution >= 0.6 is 0 Å². The van der Waals surface area contributed by atoms with Gasteiger partial charge < -0.3 is 71.4 Å². The summed E-state index contributed by atoms with van der Waals surface area (Å²) in [5, 5.41) is 11.1. The van der Waals surface area contributed by atoms with Crippen LogP contribution in [-0.2, 0) is 66.3 Å². The maximum atomic E-state index is 11.1. The molecule has 0 aromatic rings. The van der Waals surface area contributed by atoms with Crippen LogP contribution < -0.4 is 0 Å². The summed E-state index contributed by atoms with van der Waals surface area (Å²) < 4.78 is 95.5. The van der Waals surface area contributed by atoms with Gasteiger partial charge in [0.2, 0.25) is 0 Å². The fraction of sp³-hybridized carbons (Fsp3) is 1.00. The van der Waals surface area contributed by atoms with E-state index in [0.717, 1.165) is 38.5 Å². The molecular weight excluding hydrogens is 985 g/mol. The molecule has 8 fully saturated rings. The normalized spacial score (nSPS) is 54.6. The van der Waals surface area contributed by atoms with Crippen molar-refractivity contribution in [3.8, 4) is 0 Å². The van der Waals surface area contributed by atoms with E-state index in [1.165, 1.54) is 0 Å². The second-order valence-electron chi connectivity index (χ2n) is 26.2. The molecule has 8 saturated heterocycles. The lowest BCUT2D eigenvalue weighted by atomic mass is 9.80. The minimum absolute atomic E-state index is 0.0438. The second kappa shape index (κ2) is 26.5. The number of rotatable bonds is 18. The lowest BCUT2D eigenvalue weighted by molar-refractivity contribution is -0.369. The van der Waals surface area contributed by atoms with E-state index in [2.05, 4.69) is 132 Å². The van der Waals surface area contributed by atoms with Crippen molar-refractivity contribution in [1.82, 2.24) is 0 Å². The van der Waals surface area contributed by atoms with Crippen molar-refractivity contribution < 1.29 is 71.4 Å². The summed E-state index contributed by atoms with van der Waals surface area (Å²) in [6.45, 7) is 44.6. The molecule has 0 aliphatic carbocycles. The molecule has 15 heteroatoms. The first-order valence-corrected chi connectivity index (χ1v) is 31.4. The van der Waals surface area contributed by atoms with Gasteiger partial charge in [-0.15, -0.1) is 0 Å². The van der Waals surface area contributed by atoms with E-state index in [1.807, 2.05) is 6.92 Å². The fourth-order valence-corrected chi connectivity index (χ4v) is 14.6. The zero-order valence-electron chi connectivity index (χ0n) is 51.3. The third-order valence-electron chi connectivity index (χ3n) is 21.7. The highest BCUT2D eigenvalue weighted by Crippen LogP contribution is 2.47. The van der Waals surface area contributed by atoms with E-state index in [0.29, 0.717) is 12.5 Å². The van der Waals surface area contributed by atoms with Crippen molar-refractivity contribution in [3.63, 3.8) is 0 Å². The van der Waals surface area contributed by atoms with E-state index in [1.54, 1.807) is 0 Å². The molecule has 8 aliphatic rings. The molecule has 0 spiro atoms. The molecule has 2 bridgehead atoms. The number of hydrogen-bond acceptors (Lipinski definition) is 15. The Hall–Kier alpha value is -0.600. The average Bonchev–Trinajstić information content (AvgIpc) is 3.94. The minimum Gasteiger partial charge on any atom is -0.392 e. The van der Waals surface area contributed by atoms with Crippen LogP contribution in [0.25, 0.3) is 0 Å². The van der Waals surface area contributed by atoms with Gasteiger partial charge in [0.1, 0.15) is 6.10 Å². The first-order chi connectivity index (χ1) is 36.6. The lowest BCUT2D eigenvalue weighted by Gasteiger charge is -2.52. The van der Waals surface area contributed by atoms with Crippen molar-refractivity contribution in [2.24, 2.45) is 82.9 Å². The van der Waals surface area contributed by atoms with E-state index in [-0.39, 0.29) is 169 Å². The van der Waals surface area contributed by atoms with Crippen molar-refractivity contribution in [3.05, 3.63) is 0 Å². The number of aliphatic hydroxyl groups excluding tert-OH is 1. The van der Waals surface area contributed by atoms with Gasteiger partial charge in [0.25, 0.3) is 0 Å². The number of hydrogen-bond donors (Lipinski definition) is 1. The van der Waals surface area contributed by atoms with Crippen LogP contribution in [-0.4, -0.2) is 141 Å². The Bertz CT molecular complexity index is 1800. The van der Waals surface area contributed by atoms with Gasteiger partial charge in [-0.05, 0) is 74.0 Å². The molecule has 8 aliphatic heterocycles. The Kier molecular flexibility index (Phi) is 21.5. The number of fused-ring (bicyclic) bond motifs is 2. The summed E-state index contributed by atoms with van der Waals surface area (Å²) in [7, 11) is 0.